The van der Waals surface area contributed by atoms with Gasteiger partial charge in [0.15, 0.2) is 0 Å². The summed E-state index contributed by atoms with van der Waals surface area (Å²) in [6.07, 6.45) is 2.92. The van der Waals surface area contributed by atoms with Crippen LogP contribution in [0.5, 0.6) is 0 Å². The Morgan fingerprint density at radius 2 is 1.69 bits per heavy atom. The maximum absolute atomic E-state index is 10.8. The average molecular weight is 269 g/mol. The summed E-state index contributed by atoms with van der Waals surface area (Å²) in [5, 5.41) is -0.210. The van der Waals surface area contributed by atoms with E-state index >= 15 is 0 Å². The van der Waals surface area contributed by atoms with Crippen molar-refractivity contribution < 1.29 is 8.42 Å². The Hall–Kier alpha value is 0.240. The van der Waals surface area contributed by atoms with Crippen LogP contribution in [0, 0.1) is 17.8 Å². The first kappa shape index (κ1) is 16.2. The third-order valence-electron chi connectivity index (χ3n) is 3.46. The molecule has 4 heteroatoms. The molecule has 0 aromatic heterocycles. The number of hydrogen-bond donors (Lipinski definition) is 1. The maximum atomic E-state index is 10.8. The molecule has 0 fully saturated rings. The first-order valence-electron chi connectivity index (χ1n) is 6.11. The van der Waals surface area contributed by atoms with Crippen LogP contribution in [0.15, 0.2) is 0 Å². The number of alkyl halides is 1. The summed E-state index contributed by atoms with van der Waals surface area (Å²) in [7, 11) is -2.28. The Labute approximate surface area is 107 Å². The van der Waals surface area contributed by atoms with Crippen molar-refractivity contribution >= 4 is 22.3 Å². The van der Waals surface area contributed by atoms with Gasteiger partial charge in [-0.05, 0) is 37.5 Å². The fourth-order valence-electron chi connectivity index (χ4n) is 2.06. The molecule has 4 unspecified atom stereocenters. The van der Waals surface area contributed by atoms with Gasteiger partial charge in [0.1, 0.15) is 10.7 Å². The van der Waals surface area contributed by atoms with Crippen LogP contribution in [0.2, 0.25) is 0 Å². The van der Waals surface area contributed by atoms with Crippen LogP contribution >= 0.6 is 11.6 Å². The molecule has 98 valence electrons. The van der Waals surface area contributed by atoms with Crippen molar-refractivity contribution in [1.82, 2.24) is 0 Å². The topological polar surface area (TPSA) is 34.1 Å². The SMILES string of the molecule is CCC(C)C(CCl)CC(C)CC(C)[SH](=O)=O. The maximum Gasteiger partial charge on any atom is 0.142 e. The molecule has 0 aliphatic rings. The molecule has 0 aliphatic heterocycles. The molecule has 0 bridgehead atoms. The lowest BCUT2D eigenvalue weighted by molar-refractivity contribution is 0.301. The van der Waals surface area contributed by atoms with E-state index in [-0.39, 0.29) is 5.25 Å². The summed E-state index contributed by atoms with van der Waals surface area (Å²) in [6, 6.07) is 0. The van der Waals surface area contributed by atoms with E-state index in [9.17, 15) is 8.42 Å². The monoisotopic (exact) mass is 268 g/mol. The molecule has 0 aromatic rings. The van der Waals surface area contributed by atoms with Crippen LogP contribution in [0.1, 0.15) is 47.0 Å². The summed E-state index contributed by atoms with van der Waals surface area (Å²) in [5.41, 5.74) is 0. The van der Waals surface area contributed by atoms with Crippen LogP contribution in [0.4, 0.5) is 0 Å². The minimum Gasteiger partial charge on any atom is -0.232 e. The lowest BCUT2D eigenvalue weighted by atomic mass is 9.84. The van der Waals surface area contributed by atoms with Gasteiger partial charge in [0.25, 0.3) is 0 Å². The molecule has 0 saturated carbocycles. The highest BCUT2D eigenvalue weighted by atomic mass is 35.5. The average Bonchev–Trinajstić information content (AvgIpc) is 2.24. The van der Waals surface area contributed by atoms with Crippen molar-refractivity contribution in [3.63, 3.8) is 0 Å². The van der Waals surface area contributed by atoms with Crippen LogP contribution < -0.4 is 0 Å². The van der Waals surface area contributed by atoms with Crippen molar-refractivity contribution in [3.05, 3.63) is 0 Å². The molecular formula is C12H25ClO2S. The quantitative estimate of drug-likeness (QED) is 0.541. The molecule has 0 heterocycles. The van der Waals surface area contributed by atoms with Crippen molar-refractivity contribution in [3.8, 4) is 0 Å². The third-order valence-corrected chi connectivity index (χ3v) is 4.78. The molecule has 0 saturated heterocycles. The Balaban J connectivity index is 4.15. The summed E-state index contributed by atoms with van der Waals surface area (Å²) in [6.45, 7) is 8.29. The summed E-state index contributed by atoms with van der Waals surface area (Å²) in [5.74, 6) is 2.24. The zero-order valence-electron chi connectivity index (χ0n) is 10.8. The summed E-state index contributed by atoms with van der Waals surface area (Å²) < 4.78 is 21.6. The highest BCUT2D eigenvalue weighted by molar-refractivity contribution is 7.73. The highest BCUT2D eigenvalue weighted by Crippen LogP contribution is 2.26. The van der Waals surface area contributed by atoms with Gasteiger partial charge in [-0.15, -0.1) is 11.6 Å². The number of hydrogen-bond acceptors (Lipinski definition) is 2. The first-order valence-corrected chi connectivity index (χ1v) is 7.89. The van der Waals surface area contributed by atoms with Gasteiger partial charge >= 0.3 is 0 Å². The van der Waals surface area contributed by atoms with Gasteiger partial charge in [0, 0.05) is 5.88 Å². The second-order valence-corrected chi connectivity index (χ2v) is 6.77. The molecule has 0 aliphatic carbocycles. The number of rotatable bonds is 8. The molecular weight excluding hydrogens is 244 g/mol. The van der Waals surface area contributed by atoms with E-state index in [0.29, 0.717) is 23.6 Å². The summed E-state index contributed by atoms with van der Waals surface area (Å²) >= 11 is 5.96. The smallest absolute Gasteiger partial charge is 0.142 e. The fraction of sp³-hybridized carbons (Fsp3) is 1.00. The highest BCUT2D eigenvalue weighted by Gasteiger charge is 2.19. The zero-order chi connectivity index (χ0) is 12.7. The van der Waals surface area contributed by atoms with E-state index in [0.717, 1.165) is 19.3 Å². The second kappa shape index (κ2) is 8.35. The first-order chi connectivity index (χ1) is 7.42. The Kier molecular flexibility index (Phi) is 8.47. The molecule has 0 N–H and O–H groups in total. The molecule has 4 atom stereocenters. The second-order valence-electron chi connectivity index (χ2n) is 5.01. The van der Waals surface area contributed by atoms with Crippen molar-refractivity contribution in [1.29, 1.82) is 0 Å². The molecule has 0 spiro atoms. The number of halogens is 1. The fourth-order valence-corrected chi connectivity index (χ4v) is 3.02. The lowest BCUT2D eigenvalue weighted by Crippen LogP contribution is -2.19. The van der Waals surface area contributed by atoms with Gasteiger partial charge < -0.3 is 0 Å². The Morgan fingerprint density at radius 1 is 1.12 bits per heavy atom. The standard InChI is InChI=1S/C12H25ClO2S/c1-5-10(3)12(8-13)7-9(2)6-11(4)16(14)15/h9-12,16H,5-8H2,1-4H3. The van der Waals surface area contributed by atoms with E-state index < -0.39 is 10.7 Å². The number of thiol groups is 1. The third kappa shape index (κ3) is 6.09. The molecule has 0 rings (SSSR count). The lowest BCUT2D eigenvalue weighted by Gasteiger charge is -2.24. The minimum atomic E-state index is -2.28. The van der Waals surface area contributed by atoms with Gasteiger partial charge in [-0.2, -0.15) is 0 Å². The molecule has 0 amide bonds. The molecule has 16 heavy (non-hydrogen) atoms. The molecule has 0 radical (unpaired) electrons. The zero-order valence-corrected chi connectivity index (χ0v) is 12.4. The van der Waals surface area contributed by atoms with E-state index in [4.69, 9.17) is 11.6 Å². The minimum absolute atomic E-state index is 0.210. The Morgan fingerprint density at radius 3 is 2.06 bits per heavy atom. The van der Waals surface area contributed by atoms with Crippen LogP contribution in [0.25, 0.3) is 0 Å². The van der Waals surface area contributed by atoms with Gasteiger partial charge in [-0.25, -0.2) is 8.42 Å². The normalized spacial score (nSPS) is 19.4. The van der Waals surface area contributed by atoms with E-state index in [1.54, 1.807) is 6.92 Å². The summed E-state index contributed by atoms with van der Waals surface area (Å²) in [4.78, 5) is 0. The van der Waals surface area contributed by atoms with Crippen LogP contribution in [0.3, 0.4) is 0 Å². The van der Waals surface area contributed by atoms with E-state index in [2.05, 4.69) is 20.8 Å². The van der Waals surface area contributed by atoms with Crippen molar-refractivity contribution in [2.24, 2.45) is 17.8 Å². The van der Waals surface area contributed by atoms with E-state index in [1.165, 1.54) is 0 Å². The predicted molar refractivity (Wildman–Crippen MR) is 71.8 cm³/mol. The predicted octanol–water partition coefficient (Wildman–Crippen LogP) is 3.30. The van der Waals surface area contributed by atoms with Gasteiger partial charge in [-0.3, -0.25) is 0 Å². The molecule has 0 aromatic carbocycles. The van der Waals surface area contributed by atoms with E-state index in [1.807, 2.05) is 0 Å². The van der Waals surface area contributed by atoms with Gasteiger partial charge in [0.05, 0.1) is 5.25 Å². The Bertz CT molecular complexity index is 245. The van der Waals surface area contributed by atoms with Crippen LogP contribution in [-0.2, 0) is 10.7 Å². The van der Waals surface area contributed by atoms with Crippen molar-refractivity contribution in [2.75, 3.05) is 5.88 Å². The van der Waals surface area contributed by atoms with Crippen LogP contribution in [-0.4, -0.2) is 19.5 Å². The van der Waals surface area contributed by atoms with Gasteiger partial charge in [0.2, 0.25) is 0 Å². The van der Waals surface area contributed by atoms with Crippen molar-refractivity contribution in [2.45, 2.75) is 52.2 Å². The largest absolute Gasteiger partial charge is 0.232 e. The molecule has 2 nitrogen and oxygen atoms in total. The van der Waals surface area contributed by atoms with Gasteiger partial charge in [-0.1, -0.05) is 27.2 Å².